The van der Waals surface area contributed by atoms with Crippen molar-refractivity contribution in [3.8, 4) is 0 Å². The third-order valence-electron chi connectivity index (χ3n) is 5.84. The number of aryl methyl sites for hydroxylation is 1. The number of amides is 1. The summed E-state index contributed by atoms with van der Waals surface area (Å²) >= 11 is 0. The smallest absolute Gasteiger partial charge is 0.223 e. The monoisotopic (exact) mass is 447 g/mol. The molecule has 3 unspecified atom stereocenters. The van der Waals surface area contributed by atoms with E-state index >= 15 is 0 Å². The molecule has 0 fully saturated rings. The van der Waals surface area contributed by atoms with E-state index in [9.17, 15) is 19.2 Å². The number of carbonyl (C=O) groups excluding carboxylic acids is 4. The number of hydrogen-bond donors (Lipinski definition) is 2. The number of rotatable bonds is 13. The number of benzene rings is 1. The van der Waals surface area contributed by atoms with Crippen molar-refractivity contribution < 1.29 is 19.2 Å². The molecule has 0 heterocycles. The van der Waals surface area contributed by atoms with Gasteiger partial charge in [-0.1, -0.05) is 19.9 Å². The Bertz CT molecular complexity index is 736. The second-order valence-electron chi connectivity index (χ2n) is 8.06. The Morgan fingerprint density at radius 3 is 2.28 bits per heavy atom. The van der Waals surface area contributed by atoms with Gasteiger partial charge in [0.1, 0.15) is 12.6 Å². The molecule has 3 atom stereocenters. The number of hydrogen-bond acceptors (Lipinski definition) is 6. The van der Waals surface area contributed by atoms with Crippen LogP contribution in [0.15, 0.2) is 18.2 Å². The van der Waals surface area contributed by atoms with Crippen LogP contribution >= 0.6 is 0 Å². The normalized spacial score (nSPS) is 13.1. The maximum atomic E-state index is 11.5. The van der Waals surface area contributed by atoms with E-state index in [0.29, 0.717) is 12.8 Å². The molecule has 7 nitrogen and oxygen atoms in total. The number of anilines is 1. The molecule has 0 aliphatic heterocycles. The van der Waals surface area contributed by atoms with Crippen molar-refractivity contribution in [2.24, 2.45) is 17.8 Å². The van der Waals surface area contributed by atoms with Crippen LogP contribution in [0.5, 0.6) is 0 Å². The molecule has 0 spiro atoms. The molecule has 1 aromatic rings. The average molecular weight is 448 g/mol. The zero-order valence-electron chi connectivity index (χ0n) is 20.7. The van der Waals surface area contributed by atoms with E-state index in [1.54, 1.807) is 20.9 Å². The average Bonchev–Trinajstić information content (AvgIpc) is 2.79. The van der Waals surface area contributed by atoms with Crippen molar-refractivity contribution in [1.29, 1.82) is 0 Å². The fourth-order valence-corrected chi connectivity index (χ4v) is 3.46. The standard InChI is InChI=1S/C14H22N2O.C11H19NO3/c1-5-16(9-8-15-4)13-7-6-11(2)14(10-13)12(3)17;1-8(7-14)9(2)10(5-4-6-13)11(15)12-3/h6-7,10,15H,5,8-9H2,1-4H3;6-10H,4-5H2,1-3H3,(H,12,15). The van der Waals surface area contributed by atoms with Gasteiger partial charge in [0.05, 0.1) is 0 Å². The Kier molecular flexibility index (Phi) is 14.9. The summed E-state index contributed by atoms with van der Waals surface area (Å²) in [4.78, 5) is 46.2. The molecule has 2 N–H and O–H groups in total. The zero-order valence-corrected chi connectivity index (χ0v) is 20.7. The number of likely N-dealkylation sites (N-methyl/N-ethyl adjacent to an activating group) is 2. The molecule has 180 valence electrons. The molecule has 1 rings (SSSR count). The molecule has 1 amide bonds. The van der Waals surface area contributed by atoms with E-state index in [-0.39, 0.29) is 29.4 Å². The van der Waals surface area contributed by atoms with Crippen LogP contribution in [-0.2, 0) is 14.4 Å². The van der Waals surface area contributed by atoms with Crippen LogP contribution in [0.2, 0.25) is 0 Å². The molecule has 0 aliphatic rings. The molecule has 0 bridgehead atoms. The maximum absolute atomic E-state index is 11.5. The lowest BCUT2D eigenvalue weighted by molar-refractivity contribution is -0.127. The van der Waals surface area contributed by atoms with Gasteiger partial charge in [0, 0.05) is 56.2 Å². The predicted molar refractivity (Wildman–Crippen MR) is 130 cm³/mol. The third kappa shape index (κ3) is 9.73. The number of ketones is 1. The number of nitrogens with zero attached hydrogens (tertiary/aromatic N) is 1. The first-order valence-corrected chi connectivity index (χ1v) is 11.3. The van der Waals surface area contributed by atoms with E-state index < -0.39 is 0 Å². The van der Waals surface area contributed by atoms with Gasteiger partial charge < -0.3 is 25.1 Å². The van der Waals surface area contributed by atoms with Gasteiger partial charge in [-0.3, -0.25) is 9.59 Å². The lowest BCUT2D eigenvalue weighted by Crippen LogP contribution is -2.34. The van der Waals surface area contributed by atoms with Gasteiger partial charge in [0.15, 0.2) is 5.78 Å². The minimum Gasteiger partial charge on any atom is -0.371 e. The summed E-state index contributed by atoms with van der Waals surface area (Å²) in [6, 6.07) is 6.10. The SMILES string of the molecule is CCN(CCNC)c1ccc(C)c(C(C)=O)c1.CNC(=O)C(CCC=O)C(C)C(C)C=O. The fraction of sp³-hybridized carbons (Fsp3) is 0.600. The van der Waals surface area contributed by atoms with Crippen LogP contribution in [0, 0.1) is 24.7 Å². The second kappa shape index (κ2) is 16.1. The summed E-state index contributed by atoms with van der Waals surface area (Å²) in [6.45, 7) is 12.2. The molecule has 0 saturated carbocycles. The molecule has 0 aliphatic carbocycles. The van der Waals surface area contributed by atoms with Crippen molar-refractivity contribution in [2.75, 3.05) is 38.6 Å². The number of carbonyl (C=O) groups is 4. The number of nitrogens with one attached hydrogen (secondary N) is 2. The minimum atomic E-state index is -0.264. The van der Waals surface area contributed by atoms with E-state index in [4.69, 9.17) is 0 Å². The largest absolute Gasteiger partial charge is 0.371 e. The Morgan fingerprint density at radius 1 is 1.16 bits per heavy atom. The lowest BCUT2D eigenvalue weighted by Gasteiger charge is -2.24. The van der Waals surface area contributed by atoms with Gasteiger partial charge in [-0.05, 0) is 57.9 Å². The summed E-state index contributed by atoms with van der Waals surface area (Å²) < 4.78 is 0. The molecule has 0 saturated heterocycles. The zero-order chi connectivity index (χ0) is 24.7. The fourth-order valence-electron chi connectivity index (χ4n) is 3.46. The minimum absolute atomic E-state index is 0.0394. The van der Waals surface area contributed by atoms with Gasteiger partial charge >= 0.3 is 0 Å². The van der Waals surface area contributed by atoms with Crippen LogP contribution in [0.1, 0.15) is 56.5 Å². The topological polar surface area (TPSA) is 95.6 Å². The number of Topliss-reactive ketones (excluding diaryl/α,β-unsaturated/α-hetero) is 1. The van der Waals surface area contributed by atoms with Gasteiger partial charge in [0.2, 0.25) is 5.91 Å². The Morgan fingerprint density at radius 2 is 1.81 bits per heavy atom. The van der Waals surface area contributed by atoms with Crippen LogP contribution in [-0.4, -0.2) is 58.0 Å². The van der Waals surface area contributed by atoms with Crippen LogP contribution in [0.25, 0.3) is 0 Å². The Hall–Kier alpha value is -2.54. The van der Waals surface area contributed by atoms with Crippen LogP contribution in [0.4, 0.5) is 5.69 Å². The molecule has 1 aromatic carbocycles. The lowest BCUT2D eigenvalue weighted by atomic mass is 9.81. The van der Waals surface area contributed by atoms with Crippen molar-refractivity contribution in [3.63, 3.8) is 0 Å². The van der Waals surface area contributed by atoms with Crippen molar-refractivity contribution in [1.82, 2.24) is 10.6 Å². The molecule has 0 aromatic heterocycles. The second-order valence-corrected chi connectivity index (χ2v) is 8.06. The molecule has 32 heavy (non-hydrogen) atoms. The van der Waals surface area contributed by atoms with Gasteiger partial charge in [0.25, 0.3) is 0 Å². The van der Waals surface area contributed by atoms with Crippen LogP contribution < -0.4 is 15.5 Å². The summed E-state index contributed by atoms with van der Waals surface area (Å²) in [5, 5.41) is 5.71. The third-order valence-corrected chi connectivity index (χ3v) is 5.84. The highest BCUT2D eigenvalue weighted by molar-refractivity contribution is 5.96. The van der Waals surface area contributed by atoms with E-state index in [1.165, 1.54) is 0 Å². The quantitative estimate of drug-likeness (QED) is 0.356. The highest BCUT2D eigenvalue weighted by Gasteiger charge is 2.27. The van der Waals surface area contributed by atoms with Crippen LogP contribution in [0.3, 0.4) is 0 Å². The Labute approximate surface area is 193 Å². The van der Waals surface area contributed by atoms with Crippen molar-refractivity contribution in [2.45, 2.75) is 47.5 Å². The highest BCUT2D eigenvalue weighted by Crippen LogP contribution is 2.23. The first-order valence-electron chi connectivity index (χ1n) is 11.3. The molecular formula is C25H41N3O4. The van der Waals surface area contributed by atoms with Gasteiger partial charge in [-0.15, -0.1) is 0 Å². The predicted octanol–water partition coefficient (Wildman–Crippen LogP) is 3.04. The molecule has 7 heteroatoms. The number of aldehydes is 2. The maximum Gasteiger partial charge on any atom is 0.223 e. The summed E-state index contributed by atoms with van der Waals surface area (Å²) in [7, 11) is 3.51. The molecular weight excluding hydrogens is 406 g/mol. The van der Waals surface area contributed by atoms with Crippen molar-refractivity contribution >= 4 is 30.0 Å². The van der Waals surface area contributed by atoms with E-state index in [2.05, 4.69) is 28.5 Å². The summed E-state index contributed by atoms with van der Waals surface area (Å²) in [6.07, 6.45) is 2.51. The molecule has 0 radical (unpaired) electrons. The van der Waals surface area contributed by atoms with Gasteiger partial charge in [-0.25, -0.2) is 0 Å². The van der Waals surface area contributed by atoms with Crippen molar-refractivity contribution in [3.05, 3.63) is 29.3 Å². The highest BCUT2D eigenvalue weighted by atomic mass is 16.2. The van der Waals surface area contributed by atoms with E-state index in [1.807, 2.05) is 33.0 Å². The summed E-state index contributed by atoms with van der Waals surface area (Å²) in [5.74, 6) is -0.436. The summed E-state index contributed by atoms with van der Waals surface area (Å²) in [5.41, 5.74) is 3.00. The first-order chi connectivity index (χ1) is 15.2. The van der Waals surface area contributed by atoms with E-state index in [0.717, 1.165) is 49.0 Å². The van der Waals surface area contributed by atoms with Gasteiger partial charge in [-0.2, -0.15) is 0 Å². The first kappa shape index (κ1) is 29.5. The Balaban J connectivity index is 0.000000607.